The molecule has 0 saturated carbocycles. The van der Waals surface area contributed by atoms with Gasteiger partial charge in [0.05, 0.1) is 0 Å². The molecule has 0 N–H and O–H groups in total. The molecule has 0 aromatic carbocycles. The van der Waals surface area contributed by atoms with E-state index in [1.54, 1.807) is 0 Å². The number of carbonyl (C=O) groups is 1. The molecule has 1 nitrogen and oxygen atoms in total. The highest BCUT2D eigenvalue weighted by Crippen LogP contribution is 2.67. The van der Waals surface area contributed by atoms with Crippen LogP contribution in [0.15, 0.2) is 0 Å². The van der Waals surface area contributed by atoms with Crippen LogP contribution in [0, 0.1) is 0 Å². The van der Waals surface area contributed by atoms with Crippen LogP contribution in [-0.4, -0.2) is 65.5 Å². The molecule has 0 aliphatic rings. The monoisotopic (exact) mass is 566 g/mol. The van der Waals surface area contributed by atoms with E-state index in [0.717, 1.165) is 0 Å². The van der Waals surface area contributed by atoms with Gasteiger partial charge in [0, 0.05) is 0 Å². The Balaban J connectivity index is 7.29. The van der Waals surface area contributed by atoms with E-state index < -0.39 is 65.5 Å². The van der Waals surface area contributed by atoms with Crippen LogP contribution in [-0.2, 0) is 4.79 Å². The Bertz CT molecular complexity index is 768. The van der Waals surface area contributed by atoms with E-state index in [-0.39, 0.29) is 0 Å². The Morgan fingerprint density at radius 2 is 0.559 bits per heavy atom. The standard InChI is InChI=1S/C11F22O/c12-1(34)2(13,14)4(16,17)6(20,21)8(24,25)9(26,27)7(22,23)5(18,19)3(15,10(28,29)30)11(31,32)33. The Hall–Kier alpha value is -1.87. The SMILES string of the molecule is O=C(F)C(F)(F)C(F)(F)C(F)(F)C(F)(F)C(F)(F)C(F)(F)C(F)(F)C(F)(C(F)(F)F)C(F)(F)F. The fourth-order valence-electron chi connectivity index (χ4n) is 1.84. The minimum atomic E-state index is -9.40. The highest BCUT2D eigenvalue weighted by atomic mass is 19.4. The number of rotatable bonds is 8. The van der Waals surface area contributed by atoms with E-state index in [1.165, 1.54) is 0 Å². The van der Waals surface area contributed by atoms with Crippen molar-refractivity contribution in [3.8, 4) is 0 Å². The van der Waals surface area contributed by atoms with Crippen LogP contribution in [0.5, 0.6) is 0 Å². The summed E-state index contributed by atoms with van der Waals surface area (Å²) in [6.45, 7) is 0. The molecule has 0 aromatic heterocycles. The Kier molecular flexibility index (Phi) is 7.15. The molecule has 0 unspecified atom stereocenters. The third-order valence-electron chi connectivity index (χ3n) is 3.83. The molecule has 0 radical (unpaired) electrons. The van der Waals surface area contributed by atoms with Gasteiger partial charge in [0.2, 0.25) is 0 Å². The molecule has 0 amide bonds. The summed E-state index contributed by atoms with van der Waals surface area (Å²) in [7, 11) is 0. The van der Waals surface area contributed by atoms with Gasteiger partial charge >= 0.3 is 65.5 Å². The maximum Gasteiger partial charge on any atom is 0.438 e. The van der Waals surface area contributed by atoms with Crippen molar-refractivity contribution in [2.24, 2.45) is 0 Å². The van der Waals surface area contributed by atoms with E-state index >= 15 is 0 Å². The average Bonchev–Trinajstić information content (AvgIpc) is 2.57. The fourth-order valence-corrected chi connectivity index (χ4v) is 1.84. The van der Waals surface area contributed by atoms with Gasteiger partial charge in [-0.1, -0.05) is 0 Å². The molecule has 0 aliphatic carbocycles. The molecule has 0 aliphatic heterocycles. The molecule has 34 heavy (non-hydrogen) atoms. The lowest BCUT2D eigenvalue weighted by molar-refractivity contribution is -0.476. The number of halogens is 22. The minimum Gasteiger partial charge on any atom is -0.254 e. The second kappa shape index (κ2) is 7.56. The first-order valence-electron chi connectivity index (χ1n) is 6.86. The van der Waals surface area contributed by atoms with Crippen molar-refractivity contribution in [2.45, 2.75) is 59.5 Å². The van der Waals surface area contributed by atoms with Gasteiger partial charge in [-0.15, -0.1) is 0 Å². The number of hydrogen-bond acceptors (Lipinski definition) is 1. The molecule has 0 rings (SSSR count). The highest BCUT2D eigenvalue weighted by Gasteiger charge is 2.99. The van der Waals surface area contributed by atoms with Gasteiger partial charge in [0.25, 0.3) is 0 Å². The second-order valence-electron chi connectivity index (χ2n) is 5.95. The maximum atomic E-state index is 13.3. The topological polar surface area (TPSA) is 17.1 Å². The first-order chi connectivity index (χ1) is 14.2. The van der Waals surface area contributed by atoms with E-state index in [1.807, 2.05) is 0 Å². The normalized spacial score (nSPS) is 16.6. The zero-order chi connectivity index (χ0) is 28.6. The third kappa shape index (κ3) is 3.53. The van der Waals surface area contributed by atoms with Gasteiger partial charge in [-0.2, -0.15) is 92.2 Å². The Morgan fingerprint density at radius 1 is 0.353 bits per heavy atom. The summed E-state index contributed by atoms with van der Waals surface area (Å²) in [6, 6.07) is -5.06. The summed E-state index contributed by atoms with van der Waals surface area (Å²) < 4.78 is 281. The van der Waals surface area contributed by atoms with Crippen molar-refractivity contribution < 1.29 is 101 Å². The van der Waals surface area contributed by atoms with Crippen LogP contribution in [0.1, 0.15) is 0 Å². The van der Waals surface area contributed by atoms with E-state index in [4.69, 9.17) is 0 Å². The highest BCUT2D eigenvalue weighted by molar-refractivity contribution is 5.78. The predicted octanol–water partition coefficient (Wildman–Crippen LogP) is 6.76. The lowest BCUT2D eigenvalue weighted by atomic mass is 9.83. The summed E-state index contributed by atoms with van der Waals surface area (Å²) in [5, 5.41) is 0. The molecular formula is C11F22O. The summed E-state index contributed by atoms with van der Waals surface area (Å²) in [6.07, 6.45) is -17.0. The van der Waals surface area contributed by atoms with Crippen LogP contribution in [0.2, 0.25) is 0 Å². The molecular weight excluding hydrogens is 566 g/mol. The molecule has 0 fully saturated rings. The van der Waals surface area contributed by atoms with Crippen molar-refractivity contribution in [2.75, 3.05) is 0 Å². The summed E-state index contributed by atoms with van der Waals surface area (Å²) in [5.74, 6) is -62.8. The molecule has 204 valence electrons. The van der Waals surface area contributed by atoms with Gasteiger partial charge in [-0.05, 0) is 0 Å². The van der Waals surface area contributed by atoms with Crippen molar-refractivity contribution in [3.63, 3.8) is 0 Å². The molecule has 0 heterocycles. The van der Waals surface area contributed by atoms with Crippen LogP contribution in [0.4, 0.5) is 96.6 Å². The summed E-state index contributed by atoms with van der Waals surface area (Å²) in [5.41, 5.74) is -8.98. The first kappa shape index (κ1) is 32.1. The number of carbonyl (C=O) groups excluding carboxylic acids is 1. The zero-order valence-corrected chi connectivity index (χ0v) is 14.2. The van der Waals surface area contributed by atoms with Gasteiger partial charge < -0.3 is 0 Å². The van der Waals surface area contributed by atoms with Gasteiger partial charge in [0.1, 0.15) is 0 Å². The van der Waals surface area contributed by atoms with Crippen LogP contribution >= 0.6 is 0 Å². The summed E-state index contributed by atoms with van der Waals surface area (Å²) >= 11 is 0. The zero-order valence-electron chi connectivity index (χ0n) is 14.2. The molecule has 0 spiro atoms. The van der Waals surface area contributed by atoms with Crippen molar-refractivity contribution in [1.82, 2.24) is 0 Å². The molecule has 0 atom stereocenters. The third-order valence-corrected chi connectivity index (χ3v) is 3.83. The van der Waals surface area contributed by atoms with Crippen LogP contribution in [0.25, 0.3) is 0 Å². The maximum absolute atomic E-state index is 13.3. The van der Waals surface area contributed by atoms with Crippen LogP contribution < -0.4 is 0 Å². The van der Waals surface area contributed by atoms with Crippen molar-refractivity contribution in [3.05, 3.63) is 0 Å². The van der Waals surface area contributed by atoms with E-state index in [0.29, 0.717) is 0 Å². The molecule has 0 saturated heterocycles. The Labute approximate surface area is 168 Å². The Morgan fingerprint density at radius 3 is 0.765 bits per heavy atom. The number of hydrogen-bond donors (Lipinski definition) is 0. The smallest absolute Gasteiger partial charge is 0.254 e. The lowest BCUT2D eigenvalue weighted by Crippen LogP contribution is -2.78. The second-order valence-corrected chi connectivity index (χ2v) is 5.95. The molecule has 0 bridgehead atoms. The van der Waals surface area contributed by atoms with E-state index in [2.05, 4.69) is 0 Å². The molecule has 23 heteroatoms. The van der Waals surface area contributed by atoms with E-state index in [9.17, 15) is 101 Å². The van der Waals surface area contributed by atoms with Gasteiger partial charge in [-0.25, -0.2) is 4.39 Å². The van der Waals surface area contributed by atoms with Crippen LogP contribution in [0.3, 0.4) is 0 Å². The largest absolute Gasteiger partial charge is 0.438 e. The minimum absolute atomic E-state index is 5.06. The van der Waals surface area contributed by atoms with Crippen molar-refractivity contribution in [1.29, 1.82) is 0 Å². The van der Waals surface area contributed by atoms with Gasteiger partial charge in [-0.3, -0.25) is 4.79 Å². The first-order valence-corrected chi connectivity index (χ1v) is 6.86. The fraction of sp³-hybridized carbons (Fsp3) is 0.909. The number of alkyl halides is 21. The predicted molar refractivity (Wildman–Crippen MR) is 56.7 cm³/mol. The molecule has 0 aromatic rings. The lowest BCUT2D eigenvalue weighted by Gasteiger charge is -2.45. The average molecular weight is 566 g/mol. The van der Waals surface area contributed by atoms with Crippen molar-refractivity contribution >= 4 is 6.04 Å². The van der Waals surface area contributed by atoms with Gasteiger partial charge in [0.15, 0.2) is 0 Å². The quantitative estimate of drug-likeness (QED) is 0.235. The summed E-state index contributed by atoms with van der Waals surface area (Å²) in [4.78, 5) is 9.61.